The summed E-state index contributed by atoms with van der Waals surface area (Å²) in [7, 11) is 0. The van der Waals surface area contributed by atoms with Crippen molar-refractivity contribution >= 4 is 11.9 Å². The number of hydrogen-bond acceptors (Lipinski definition) is 2. The highest BCUT2D eigenvalue weighted by atomic mass is 16.4. The maximum atomic E-state index is 11.0. The molecule has 0 radical (unpaired) electrons. The van der Waals surface area contributed by atoms with Crippen molar-refractivity contribution in [1.82, 2.24) is 0 Å². The van der Waals surface area contributed by atoms with Crippen LogP contribution in [0.5, 0.6) is 0 Å². The Kier molecular flexibility index (Phi) is 12.9. The largest absolute Gasteiger partial charge is 0.481 e. The molecule has 0 amide bonds. The molecule has 0 aromatic rings. The third-order valence-corrected chi connectivity index (χ3v) is 5.59. The highest BCUT2D eigenvalue weighted by Crippen LogP contribution is 2.34. The van der Waals surface area contributed by atoms with Crippen LogP contribution in [-0.4, -0.2) is 22.2 Å². The Hall–Kier alpha value is -1.06. The first kappa shape index (κ1) is 25.2. The van der Waals surface area contributed by atoms with Crippen LogP contribution in [0.4, 0.5) is 0 Å². The van der Waals surface area contributed by atoms with E-state index in [-0.39, 0.29) is 5.92 Å². The standard InChI is InChI=1S/2C10H20O2/c1-5-7-10(4,9(11)12)8(3)6-2;1-4-6-7-8-10(3,5-2)9(11)12/h8H,5-7H2,1-4H3,(H,11,12);4-8H2,1-3H3,(H,11,12). The van der Waals surface area contributed by atoms with Gasteiger partial charge in [-0.05, 0) is 39.0 Å². The van der Waals surface area contributed by atoms with E-state index in [1.54, 1.807) is 0 Å². The van der Waals surface area contributed by atoms with Gasteiger partial charge in [-0.15, -0.1) is 0 Å². The maximum Gasteiger partial charge on any atom is 0.309 e. The number of carbonyl (C=O) groups is 2. The van der Waals surface area contributed by atoms with Gasteiger partial charge in [0.05, 0.1) is 10.8 Å². The molecule has 0 aliphatic carbocycles. The molecule has 0 heterocycles. The summed E-state index contributed by atoms with van der Waals surface area (Å²) in [5.41, 5.74) is -1.02. The molecule has 4 nitrogen and oxygen atoms in total. The van der Waals surface area contributed by atoms with Gasteiger partial charge in [-0.1, -0.05) is 66.7 Å². The summed E-state index contributed by atoms with van der Waals surface area (Å²) >= 11 is 0. The Labute approximate surface area is 149 Å². The Morgan fingerprint density at radius 1 is 0.875 bits per heavy atom. The van der Waals surface area contributed by atoms with Crippen molar-refractivity contribution in [2.75, 3.05) is 0 Å². The normalized spacial score (nSPS) is 17.0. The van der Waals surface area contributed by atoms with Crippen molar-refractivity contribution in [2.24, 2.45) is 16.7 Å². The van der Waals surface area contributed by atoms with Crippen molar-refractivity contribution in [2.45, 2.75) is 99.8 Å². The number of rotatable bonds is 11. The average molecular weight is 345 g/mol. The Morgan fingerprint density at radius 3 is 1.71 bits per heavy atom. The molecule has 3 unspecified atom stereocenters. The molecule has 0 bridgehead atoms. The first-order valence-corrected chi connectivity index (χ1v) is 9.52. The predicted octanol–water partition coefficient (Wildman–Crippen LogP) is 5.99. The van der Waals surface area contributed by atoms with Crippen molar-refractivity contribution in [3.05, 3.63) is 0 Å². The monoisotopic (exact) mass is 344 g/mol. The van der Waals surface area contributed by atoms with E-state index in [1.165, 1.54) is 0 Å². The third kappa shape index (κ3) is 8.16. The van der Waals surface area contributed by atoms with Crippen LogP contribution in [0.15, 0.2) is 0 Å². The highest BCUT2D eigenvalue weighted by molar-refractivity contribution is 5.74. The molecular formula is C20H40O4. The molecule has 0 aliphatic rings. The van der Waals surface area contributed by atoms with E-state index in [0.29, 0.717) is 0 Å². The molecule has 0 fully saturated rings. The van der Waals surface area contributed by atoms with Crippen LogP contribution in [0.1, 0.15) is 99.8 Å². The second-order valence-corrected chi connectivity index (χ2v) is 7.46. The summed E-state index contributed by atoms with van der Waals surface area (Å²) in [6, 6.07) is 0. The zero-order chi connectivity index (χ0) is 19.4. The molecule has 2 N–H and O–H groups in total. The fourth-order valence-electron chi connectivity index (χ4n) is 2.73. The first-order chi connectivity index (χ1) is 11.1. The number of hydrogen-bond donors (Lipinski definition) is 2. The van der Waals surface area contributed by atoms with Gasteiger partial charge in [-0.2, -0.15) is 0 Å². The van der Waals surface area contributed by atoms with Crippen LogP contribution >= 0.6 is 0 Å². The minimum absolute atomic E-state index is 0.259. The van der Waals surface area contributed by atoms with E-state index in [4.69, 9.17) is 10.2 Å². The van der Waals surface area contributed by atoms with E-state index in [1.807, 2.05) is 41.5 Å². The molecular weight excluding hydrogens is 304 g/mol. The average Bonchev–Trinajstić information content (AvgIpc) is 2.54. The molecule has 0 aliphatic heterocycles. The van der Waals surface area contributed by atoms with Gasteiger partial charge >= 0.3 is 11.9 Å². The van der Waals surface area contributed by atoms with Gasteiger partial charge in [-0.25, -0.2) is 0 Å². The lowest BCUT2D eigenvalue weighted by molar-refractivity contribution is -0.151. The fraction of sp³-hybridized carbons (Fsp3) is 0.900. The molecule has 144 valence electrons. The summed E-state index contributed by atoms with van der Waals surface area (Å²) in [6.07, 6.45) is 7.52. The maximum absolute atomic E-state index is 11.0. The lowest BCUT2D eigenvalue weighted by Gasteiger charge is -2.30. The second-order valence-electron chi connectivity index (χ2n) is 7.46. The molecule has 0 spiro atoms. The highest BCUT2D eigenvalue weighted by Gasteiger charge is 2.36. The first-order valence-electron chi connectivity index (χ1n) is 9.52. The fourth-order valence-corrected chi connectivity index (χ4v) is 2.73. The topological polar surface area (TPSA) is 74.6 Å². The van der Waals surface area contributed by atoms with Crippen LogP contribution in [0.25, 0.3) is 0 Å². The van der Waals surface area contributed by atoms with E-state index in [0.717, 1.165) is 51.4 Å². The molecule has 24 heavy (non-hydrogen) atoms. The number of unbranched alkanes of at least 4 members (excludes halogenated alkanes) is 2. The number of carboxylic acid groups (broad SMARTS) is 2. The van der Waals surface area contributed by atoms with Gasteiger partial charge in [0.25, 0.3) is 0 Å². The van der Waals surface area contributed by atoms with Gasteiger partial charge < -0.3 is 10.2 Å². The van der Waals surface area contributed by atoms with Gasteiger partial charge in [0, 0.05) is 0 Å². The van der Waals surface area contributed by atoms with Gasteiger partial charge in [-0.3, -0.25) is 9.59 Å². The van der Waals surface area contributed by atoms with Crippen molar-refractivity contribution in [1.29, 1.82) is 0 Å². The predicted molar refractivity (Wildman–Crippen MR) is 100 cm³/mol. The van der Waals surface area contributed by atoms with Crippen molar-refractivity contribution in [3.8, 4) is 0 Å². The Bertz CT molecular complexity index is 367. The molecule has 0 saturated heterocycles. The van der Waals surface area contributed by atoms with Crippen molar-refractivity contribution < 1.29 is 19.8 Å². The minimum atomic E-state index is -0.654. The lowest BCUT2D eigenvalue weighted by atomic mass is 9.73. The third-order valence-electron chi connectivity index (χ3n) is 5.59. The number of carboxylic acids is 2. The van der Waals surface area contributed by atoms with Crippen LogP contribution < -0.4 is 0 Å². The van der Waals surface area contributed by atoms with Gasteiger partial charge in [0.15, 0.2) is 0 Å². The van der Waals surface area contributed by atoms with E-state index < -0.39 is 22.8 Å². The second kappa shape index (κ2) is 12.3. The number of aliphatic carboxylic acids is 2. The summed E-state index contributed by atoms with van der Waals surface area (Å²) < 4.78 is 0. The van der Waals surface area contributed by atoms with Crippen LogP contribution in [0, 0.1) is 16.7 Å². The molecule has 0 rings (SSSR count). The van der Waals surface area contributed by atoms with E-state index in [9.17, 15) is 9.59 Å². The van der Waals surface area contributed by atoms with Crippen LogP contribution in [0.2, 0.25) is 0 Å². The van der Waals surface area contributed by atoms with Crippen molar-refractivity contribution in [3.63, 3.8) is 0 Å². The van der Waals surface area contributed by atoms with Gasteiger partial charge in [0.2, 0.25) is 0 Å². The zero-order valence-electron chi connectivity index (χ0n) is 16.9. The van der Waals surface area contributed by atoms with Crippen LogP contribution in [-0.2, 0) is 9.59 Å². The SMILES string of the molecule is CCCC(C)(C(=O)O)C(C)CC.CCCCCC(C)(CC)C(=O)O. The molecule has 4 heteroatoms. The Balaban J connectivity index is 0. The molecule has 3 atom stereocenters. The molecule has 0 aromatic carbocycles. The Morgan fingerprint density at radius 2 is 1.42 bits per heavy atom. The molecule has 0 saturated carbocycles. The summed E-state index contributed by atoms with van der Waals surface area (Å²) in [6.45, 7) is 13.9. The lowest BCUT2D eigenvalue weighted by Crippen LogP contribution is -2.34. The van der Waals surface area contributed by atoms with E-state index >= 15 is 0 Å². The summed E-state index contributed by atoms with van der Waals surface area (Å²) in [4.78, 5) is 21.9. The summed E-state index contributed by atoms with van der Waals surface area (Å²) in [5.74, 6) is -1.05. The zero-order valence-corrected chi connectivity index (χ0v) is 16.9. The van der Waals surface area contributed by atoms with Gasteiger partial charge in [0.1, 0.15) is 0 Å². The van der Waals surface area contributed by atoms with E-state index in [2.05, 4.69) is 6.92 Å². The smallest absolute Gasteiger partial charge is 0.309 e. The van der Waals surface area contributed by atoms with Crippen LogP contribution in [0.3, 0.4) is 0 Å². The minimum Gasteiger partial charge on any atom is -0.481 e. The molecule has 0 aromatic heterocycles. The summed E-state index contributed by atoms with van der Waals surface area (Å²) in [5, 5.41) is 18.0. The quantitative estimate of drug-likeness (QED) is 0.451.